The molecule has 0 saturated carbocycles. The Hall–Kier alpha value is -1.26. The highest BCUT2D eigenvalue weighted by Gasteiger charge is 2.40. The minimum Gasteiger partial charge on any atom is -0.317 e. The lowest BCUT2D eigenvalue weighted by Gasteiger charge is -2.27. The summed E-state index contributed by atoms with van der Waals surface area (Å²) >= 11 is 0. The summed E-state index contributed by atoms with van der Waals surface area (Å²) in [5.74, 6) is -0.724. The fraction of sp³-hybridized carbons (Fsp3) is 0.400. The van der Waals surface area contributed by atoms with Gasteiger partial charge in [-0.3, -0.25) is 9.59 Å². The maximum absolute atomic E-state index is 11.6. The van der Waals surface area contributed by atoms with E-state index in [-0.39, 0.29) is 18.1 Å². The standard InChI is InChI=1S/C10H16N2O2/c1-5-8(13)10(12-4,7-11-3)9(14)6-2/h5-6,11-12H,1-2,7H2,3-4H3. The lowest BCUT2D eigenvalue weighted by Crippen LogP contribution is -2.61. The smallest absolute Gasteiger partial charge is 0.184 e. The summed E-state index contributed by atoms with van der Waals surface area (Å²) in [5.41, 5.74) is -1.27. The molecule has 0 aromatic carbocycles. The molecule has 0 aliphatic rings. The first-order valence-electron chi connectivity index (χ1n) is 4.26. The van der Waals surface area contributed by atoms with Crippen molar-refractivity contribution < 1.29 is 9.59 Å². The fourth-order valence-corrected chi connectivity index (χ4v) is 1.24. The van der Waals surface area contributed by atoms with Crippen LogP contribution in [0.5, 0.6) is 0 Å². The van der Waals surface area contributed by atoms with Gasteiger partial charge in [0.1, 0.15) is 0 Å². The van der Waals surface area contributed by atoms with E-state index in [2.05, 4.69) is 23.8 Å². The Balaban J connectivity index is 5.16. The quantitative estimate of drug-likeness (QED) is 0.432. The van der Waals surface area contributed by atoms with Crippen LogP contribution < -0.4 is 10.6 Å². The van der Waals surface area contributed by atoms with Crippen LogP contribution in [-0.2, 0) is 9.59 Å². The van der Waals surface area contributed by atoms with E-state index in [1.807, 2.05) is 0 Å². The number of carbonyl (C=O) groups is 2. The molecule has 0 bridgehead atoms. The van der Waals surface area contributed by atoms with Gasteiger partial charge < -0.3 is 10.6 Å². The van der Waals surface area contributed by atoms with E-state index in [1.54, 1.807) is 14.1 Å². The summed E-state index contributed by atoms with van der Waals surface area (Å²) in [6.07, 6.45) is 2.27. The maximum atomic E-state index is 11.6. The van der Waals surface area contributed by atoms with Crippen LogP contribution in [-0.4, -0.2) is 37.7 Å². The molecule has 0 aromatic heterocycles. The summed E-state index contributed by atoms with van der Waals surface area (Å²) in [6.45, 7) is 6.95. The van der Waals surface area contributed by atoms with Gasteiger partial charge >= 0.3 is 0 Å². The zero-order valence-electron chi connectivity index (χ0n) is 8.59. The molecule has 0 spiro atoms. The summed E-state index contributed by atoms with van der Waals surface area (Å²) in [5, 5.41) is 5.50. The molecular formula is C10H16N2O2. The van der Waals surface area contributed by atoms with E-state index in [4.69, 9.17) is 0 Å². The van der Waals surface area contributed by atoms with Crippen molar-refractivity contribution in [3.8, 4) is 0 Å². The Morgan fingerprint density at radius 3 is 1.86 bits per heavy atom. The Labute approximate surface area is 84.1 Å². The van der Waals surface area contributed by atoms with Crippen LogP contribution in [0, 0.1) is 0 Å². The lowest BCUT2D eigenvalue weighted by atomic mass is 9.88. The van der Waals surface area contributed by atoms with E-state index < -0.39 is 5.54 Å². The summed E-state index contributed by atoms with van der Waals surface area (Å²) in [4.78, 5) is 23.1. The number of rotatable bonds is 7. The summed E-state index contributed by atoms with van der Waals surface area (Å²) in [7, 11) is 3.22. The van der Waals surface area contributed by atoms with Gasteiger partial charge in [0.15, 0.2) is 17.1 Å². The average Bonchev–Trinajstić information content (AvgIpc) is 2.23. The van der Waals surface area contributed by atoms with E-state index in [0.717, 1.165) is 12.2 Å². The molecule has 14 heavy (non-hydrogen) atoms. The van der Waals surface area contributed by atoms with Crippen molar-refractivity contribution in [2.45, 2.75) is 5.54 Å². The largest absolute Gasteiger partial charge is 0.317 e. The first-order valence-corrected chi connectivity index (χ1v) is 4.26. The fourth-order valence-electron chi connectivity index (χ4n) is 1.24. The van der Waals surface area contributed by atoms with Crippen molar-refractivity contribution in [3.63, 3.8) is 0 Å². The first-order chi connectivity index (χ1) is 6.58. The molecule has 78 valence electrons. The molecule has 0 atom stereocenters. The van der Waals surface area contributed by atoms with Gasteiger partial charge in [0, 0.05) is 6.54 Å². The minimum absolute atomic E-state index is 0.208. The second-order valence-electron chi connectivity index (χ2n) is 2.82. The SMILES string of the molecule is C=CC(=O)C(CNC)(NC)C(=O)C=C. The second kappa shape index (κ2) is 5.47. The summed E-state index contributed by atoms with van der Waals surface area (Å²) in [6, 6.07) is 0. The first kappa shape index (κ1) is 12.7. The predicted octanol–water partition coefficient (Wildman–Crippen LogP) is -0.326. The molecule has 0 aliphatic carbocycles. The number of nitrogens with one attached hydrogen (secondary N) is 2. The third-order valence-electron chi connectivity index (χ3n) is 2.08. The Bertz CT molecular complexity index is 239. The molecule has 0 heterocycles. The molecule has 4 heteroatoms. The van der Waals surface area contributed by atoms with Gasteiger partial charge in [0.25, 0.3) is 0 Å². The van der Waals surface area contributed by atoms with Gasteiger partial charge in [-0.2, -0.15) is 0 Å². The van der Waals surface area contributed by atoms with Crippen molar-refractivity contribution in [1.82, 2.24) is 10.6 Å². The maximum Gasteiger partial charge on any atom is 0.184 e. The molecule has 0 aliphatic heterocycles. The van der Waals surface area contributed by atoms with E-state index in [9.17, 15) is 9.59 Å². The van der Waals surface area contributed by atoms with Crippen LogP contribution in [0.15, 0.2) is 25.3 Å². The van der Waals surface area contributed by atoms with Gasteiger partial charge in [0.2, 0.25) is 0 Å². The number of hydrogen-bond donors (Lipinski definition) is 2. The van der Waals surface area contributed by atoms with E-state index in [1.165, 1.54) is 0 Å². The van der Waals surface area contributed by atoms with Gasteiger partial charge in [-0.05, 0) is 26.2 Å². The molecule has 0 radical (unpaired) electrons. The topological polar surface area (TPSA) is 58.2 Å². The molecule has 2 N–H and O–H groups in total. The van der Waals surface area contributed by atoms with Crippen LogP contribution in [0.25, 0.3) is 0 Å². The molecular weight excluding hydrogens is 180 g/mol. The molecule has 0 aromatic rings. The van der Waals surface area contributed by atoms with Crippen LogP contribution >= 0.6 is 0 Å². The minimum atomic E-state index is -1.27. The Morgan fingerprint density at radius 2 is 1.64 bits per heavy atom. The normalized spacial score (nSPS) is 10.7. The third kappa shape index (κ3) is 2.16. The third-order valence-corrected chi connectivity index (χ3v) is 2.08. The molecule has 0 unspecified atom stereocenters. The van der Waals surface area contributed by atoms with Gasteiger partial charge in [-0.25, -0.2) is 0 Å². The molecule has 0 saturated heterocycles. The highest BCUT2D eigenvalue weighted by atomic mass is 16.2. The number of likely N-dealkylation sites (N-methyl/N-ethyl adjacent to an activating group) is 2. The monoisotopic (exact) mass is 196 g/mol. The van der Waals surface area contributed by atoms with Crippen molar-refractivity contribution in [3.05, 3.63) is 25.3 Å². The average molecular weight is 196 g/mol. The molecule has 4 nitrogen and oxygen atoms in total. The van der Waals surface area contributed by atoms with Gasteiger partial charge in [-0.1, -0.05) is 13.2 Å². The van der Waals surface area contributed by atoms with Crippen molar-refractivity contribution >= 4 is 11.6 Å². The number of ketones is 2. The lowest BCUT2D eigenvalue weighted by molar-refractivity contribution is -0.130. The molecule has 0 fully saturated rings. The Morgan fingerprint density at radius 1 is 1.21 bits per heavy atom. The van der Waals surface area contributed by atoms with Crippen molar-refractivity contribution in [1.29, 1.82) is 0 Å². The van der Waals surface area contributed by atoms with E-state index in [0.29, 0.717) is 0 Å². The zero-order chi connectivity index (χ0) is 11.2. The van der Waals surface area contributed by atoms with Crippen LogP contribution in [0.2, 0.25) is 0 Å². The molecule has 0 amide bonds. The number of hydrogen-bond acceptors (Lipinski definition) is 4. The Kier molecular flexibility index (Phi) is 4.97. The number of carbonyl (C=O) groups excluding carboxylic acids is 2. The predicted molar refractivity (Wildman–Crippen MR) is 56.1 cm³/mol. The highest BCUT2D eigenvalue weighted by Crippen LogP contribution is 2.08. The van der Waals surface area contributed by atoms with E-state index >= 15 is 0 Å². The van der Waals surface area contributed by atoms with Crippen molar-refractivity contribution in [2.75, 3.05) is 20.6 Å². The van der Waals surface area contributed by atoms with Gasteiger partial charge in [0.05, 0.1) is 0 Å². The van der Waals surface area contributed by atoms with Crippen LogP contribution in [0.4, 0.5) is 0 Å². The highest BCUT2D eigenvalue weighted by molar-refractivity contribution is 6.19. The summed E-state index contributed by atoms with van der Waals surface area (Å²) < 4.78 is 0. The van der Waals surface area contributed by atoms with Crippen LogP contribution in [0.3, 0.4) is 0 Å². The van der Waals surface area contributed by atoms with Crippen molar-refractivity contribution in [2.24, 2.45) is 0 Å². The zero-order valence-corrected chi connectivity index (χ0v) is 8.59. The van der Waals surface area contributed by atoms with Crippen LogP contribution in [0.1, 0.15) is 0 Å². The second-order valence-corrected chi connectivity index (χ2v) is 2.82. The van der Waals surface area contributed by atoms with Gasteiger partial charge in [-0.15, -0.1) is 0 Å². The molecule has 0 rings (SSSR count).